The van der Waals surface area contributed by atoms with Crippen LogP contribution < -0.4 is 5.32 Å². The van der Waals surface area contributed by atoms with E-state index >= 15 is 0 Å². The van der Waals surface area contributed by atoms with Gasteiger partial charge in [0.25, 0.3) is 0 Å². The molecule has 0 heterocycles. The summed E-state index contributed by atoms with van der Waals surface area (Å²) in [5, 5.41) is 12.2. The topological polar surface area (TPSA) is 49.3 Å². The Hall–Kier alpha value is -1.13. The maximum Gasteiger partial charge on any atom is 0.320 e. The molecule has 0 aromatic heterocycles. The molecule has 2 N–H and O–H groups in total. The molecule has 0 aliphatic heterocycles. The van der Waals surface area contributed by atoms with Crippen LogP contribution in [0.3, 0.4) is 0 Å². The van der Waals surface area contributed by atoms with E-state index < -0.39 is 17.8 Å². The van der Waals surface area contributed by atoms with E-state index in [9.17, 15) is 9.18 Å². The molecule has 5 heteroatoms. The van der Waals surface area contributed by atoms with E-state index in [-0.39, 0.29) is 12.5 Å². The molecule has 0 radical (unpaired) electrons. The van der Waals surface area contributed by atoms with E-state index in [1.54, 1.807) is 6.07 Å². The fourth-order valence-corrected chi connectivity index (χ4v) is 1.90. The van der Waals surface area contributed by atoms with Gasteiger partial charge in [-0.15, -0.1) is 0 Å². The molecule has 1 unspecified atom stereocenters. The van der Waals surface area contributed by atoms with Crippen molar-refractivity contribution < 1.29 is 14.3 Å². The Morgan fingerprint density at radius 3 is 2.67 bits per heavy atom. The molecule has 100 valence electrons. The van der Waals surface area contributed by atoms with Crippen molar-refractivity contribution in [2.24, 2.45) is 5.92 Å². The van der Waals surface area contributed by atoms with Gasteiger partial charge in [0.1, 0.15) is 11.9 Å². The Morgan fingerprint density at radius 2 is 2.17 bits per heavy atom. The second-order valence-corrected chi connectivity index (χ2v) is 5.01. The Morgan fingerprint density at radius 1 is 1.50 bits per heavy atom. The highest BCUT2D eigenvalue weighted by Gasteiger charge is 2.19. The van der Waals surface area contributed by atoms with Crippen LogP contribution in [0.1, 0.15) is 25.8 Å². The van der Waals surface area contributed by atoms with Crippen molar-refractivity contribution in [3.63, 3.8) is 0 Å². The number of hydrogen-bond acceptors (Lipinski definition) is 2. The normalized spacial score (nSPS) is 12.7. The van der Waals surface area contributed by atoms with Gasteiger partial charge in [-0.3, -0.25) is 4.79 Å². The molecular weight excluding hydrogens is 257 g/mol. The molecule has 18 heavy (non-hydrogen) atoms. The summed E-state index contributed by atoms with van der Waals surface area (Å²) in [7, 11) is 0. The van der Waals surface area contributed by atoms with Gasteiger partial charge in [-0.2, -0.15) is 0 Å². The molecule has 1 atom stereocenters. The van der Waals surface area contributed by atoms with E-state index in [4.69, 9.17) is 16.7 Å². The molecule has 0 saturated carbocycles. The van der Waals surface area contributed by atoms with Crippen LogP contribution in [0.4, 0.5) is 4.39 Å². The number of carbonyl (C=O) groups is 1. The molecule has 0 aliphatic rings. The van der Waals surface area contributed by atoms with Crippen LogP contribution >= 0.6 is 11.6 Å². The summed E-state index contributed by atoms with van der Waals surface area (Å²) >= 11 is 5.87. The summed E-state index contributed by atoms with van der Waals surface area (Å²) < 4.78 is 13.5. The fourth-order valence-electron chi connectivity index (χ4n) is 1.67. The van der Waals surface area contributed by atoms with Crippen molar-refractivity contribution in [3.05, 3.63) is 34.6 Å². The molecule has 0 saturated heterocycles. The van der Waals surface area contributed by atoms with Crippen LogP contribution in [0.5, 0.6) is 0 Å². The van der Waals surface area contributed by atoms with Gasteiger partial charge in [-0.25, -0.2) is 4.39 Å². The number of carboxylic acids is 1. The lowest BCUT2D eigenvalue weighted by Crippen LogP contribution is -2.37. The van der Waals surface area contributed by atoms with E-state index in [1.165, 1.54) is 12.1 Å². The SMILES string of the molecule is CC(C)CC(NCc1c(F)cccc1Cl)C(=O)O. The third-order valence-corrected chi connectivity index (χ3v) is 2.95. The number of halogens is 2. The maximum absolute atomic E-state index is 13.5. The second-order valence-electron chi connectivity index (χ2n) is 4.60. The Bertz CT molecular complexity index is 403. The number of aliphatic carboxylic acids is 1. The summed E-state index contributed by atoms with van der Waals surface area (Å²) in [6.07, 6.45) is 0.488. The van der Waals surface area contributed by atoms with Gasteiger partial charge in [-0.1, -0.05) is 31.5 Å². The van der Waals surface area contributed by atoms with Gasteiger partial charge in [-0.05, 0) is 24.5 Å². The molecule has 0 aliphatic carbocycles. The molecule has 1 rings (SSSR count). The van der Waals surface area contributed by atoms with Crippen molar-refractivity contribution in [3.8, 4) is 0 Å². The fraction of sp³-hybridized carbons (Fsp3) is 0.462. The van der Waals surface area contributed by atoms with Gasteiger partial charge in [0, 0.05) is 17.1 Å². The van der Waals surface area contributed by atoms with E-state index in [0.717, 1.165) is 0 Å². The smallest absolute Gasteiger partial charge is 0.320 e. The lowest BCUT2D eigenvalue weighted by molar-refractivity contribution is -0.140. The molecule has 0 spiro atoms. The average molecular weight is 274 g/mol. The number of nitrogens with one attached hydrogen (secondary N) is 1. The van der Waals surface area contributed by atoms with Crippen LogP contribution in [0.2, 0.25) is 5.02 Å². The molecule has 0 amide bonds. The summed E-state index contributed by atoms with van der Waals surface area (Å²) in [5.41, 5.74) is 0.300. The lowest BCUT2D eigenvalue weighted by Gasteiger charge is -2.17. The molecular formula is C13H17ClFNO2. The first kappa shape index (κ1) is 14.9. The Kier molecular flexibility index (Phi) is 5.56. The van der Waals surface area contributed by atoms with Gasteiger partial charge in [0.2, 0.25) is 0 Å². The number of carboxylic acid groups (broad SMARTS) is 1. The first-order valence-corrected chi connectivity index (χ1v) is 6.18. The summed E-state index contributed by atoms with van der Waals surface area (Å²) in [6, 6.07) is 3.71. The Balaban J connectivity index is 2.70. The highest BCUT2D eigenvalue weighted by atomic mass is 35.5. The van der Waals surface area contributed by atoms with E-state index in [0.29, 0.717) is 17.0 Å². The standard InChI is InChI=1S/C13H17ClFNO2/c1-8(2)6-12(13(17)18)16-7-9-10(14)4-3-5-11(9)15/h3-5,8,12,16H,6-7H2,1-2H3,(H,17,18). The summed E-state index contributed by atoms with van der Waals surface area (Å²) in [5.74, 6) is -1.12. The van der Waals surface area contributed by atoms with Crippen molar-refractivity contribution in [2.75, 3.05) is 0 Å². The van der Waals surface area contributed by atoms with Crippen molar-refractivity contribution in [1.82, 2.24) is 5.32 Å². The van der Waals surface area contributed by atoms with Crippen molar-refractivity contribution >= 4 is 17.6 Å². The first-order chi connectivity index (χ1) is 8.41. The average Bonchev–Trinajstić information content (AvgIpc) is 2.26. The Labute approximate surface area is 111 Å². The van der Waals surface area contributed by atoms with Gasteiger partial charge < -0.3 is 10.4 Å². The van der Waals surface area contributed by atoms with Crippen molar-refractivity contribution in [1.29, 1.82) is 0 Å². The largest absolute Gasteiger partial charge is 0.480 e. The number of benzene rings is 1. The zero-order valence-corrected chi connectivity index (χ0v) is 11.2. The lowest BCUT2D eigenvalue weighted by atomic mass is 10.0. The van der Waals surface area contributed by atoms with Gasteiger partial charge in [0.05, 0.1) is 0 Å². The van der Waals surface area contributed by atoms with Crippen LogP contribution in [-0.4, -0.2) is 17.1 Å². The monoisotopic (exact) mass is 273 g/mol. The van der Waals surface area contributed by atoms with Crippen molar-refractivity contribution in [2.45, 2.75) is 32.9 Å². The summed E-state index contributed by atoms with van der Waals surface area (Å²) in [6.45, 7) is 3.98. The van der Waals surface area contributed by atoms with Crippen LogP contribution in [0.25, 0.3) is 0 Å². The van der Waals surface area contributed by atoms with E-state index in [1.807, 2.05) is 13.8 Å². The van der Waals surface area contributed by atoms with Crippen LogP contribution in [0.15, 0.2) is 18.2 Å². The molecule has 1 aromatic rings. The van der Waals surface area contributed by atoms with Gasteiger partial charge in [0.15, 0.2) is 0 Å². The molecule has 1 aromatic carbocycles. The van der Waals surface area contributed by atoms with Crippen LogP contribution in [0, 0.1) is 11.7 Å². The molecule has 0 bridgehead atoms. The summed E-state index contributed by atoms with van der Waals surface area (Å²) in [4.78, 5) is 11.0. The minimum Gasteiger partial charge on any atom is -0.480 e. The first-order valence-electron chi connectivity index (χ1n) is 5.81. The third-order valence-electron chi connectivity index (χ3n) is 2.59. The molecule has 0 fully saturated rings. The number of rotatable bonds is 6. The quantitative estimate of drug-likeness (QED) is 0.837. The van der Waals surface area contributed by atoms with E-state index in [2.05, 4.69) is 5.32 Å². The third kappa shape index (κ3) is 4.27. The molecule has 3 nitrogen and oxygen atoms in total. The highest BCUT2D eigenvalue weighted by molar-refractivity contribution is 6.31. The minimum atomic E-state index is -0.934. The zero-order valence-electron chi connectivity index (χ0n) is 10.4. The number of hydrogen-bond donors (Lipinski definition) is 2. The second kappa shape index (κ2) is 6.71. The van der Waals surface area contributed by atoms with Crippen LogP contribution in [-0.2, 0) is 11.3 Å². The minimum absolute atomic E-state index is 0.106. The predicted octanol–water partition coefficient (Wildman–Crippen LogP) is 3.07. The predicted molar refractivity (Wildman–Crippen MR) is 69.1 cm³/mol. The maximum atomic E-state index is 13.5. The van der Waals surface area contributed by atoms with Gasteiger partial charge >= 0.3 is 5.97 Å². The highest BCUT2D eigenvalue weighted by Crippen LogP contribution is 2.19. The zero-order chi connectivity index (χ0) is 13.7.